The number of nitrogens with one attached hydrogen (secondary N) is 3. The number of ether oxygens (including phenoxy) is 1. The Morgan fingerprint density at radius 3 is 2.68 bits per heavy atom. The van der Waals surface area contributed by atoms with Crippen molar-refractivity contribution in [1.29, 1.82) is 0 Å². The third-order valence-corrected chi connectivity index (χ3v) is 3.59. The van der Waals surface area contributed by atoms with Crippen LogP contribution in [0.25, 0.3) is 0 Å². The number of hydrogen-bond acceptors (Lipinski definition) is 3. The van der Waals surface area contributed by atoms with Crippen molar-refractivity contribution in [3.05, 3.63) is 35.4 Å². The molecule has 3 N–H and O–H groups in total. The lowest BCUT2D eigenvalue weighted by atomic mass is 10.1. The van der Waals surface area contributed by atoms with Crippen LogP contribution >= 0.6 is 0 Å². The Labute approximate surface area is 151 Å². The molecule has 1 aromatic rings. The van der Waals surface area contributed by atoms with Gasteiger partial charge < -0.3 is 20.7 Å². The van der Waals surface area contributed by atoms with E-state index < -0.39 is 0 Å². The number of hydrogen-bond donors (Lipinski definition) is 3. The summed E-state index contributed by atoms with van der Waals surface area (Å²) in [5.74, 6) is 1.33. The van der Waals surface area contributed by atoms with Crippen LogP contribution in [0.3, 0.4) is 0 Å². The minimum absolute atomic E-state index is 0.0506. The fourth-order valence-electron chi connectivity index (χ4n) is 2.15. The summed E-state index contributed by atoms with van der Waals surface area (Å²) < 4.78 is 5.58. The maximum Gasteiger partial charge on any atom is 0.251 e. The molecule has 0 aliphatic carbocycles. The molecule has 25 heavy (non-hydrogen) atoms. The summed E-state index contributed by atoms with van der Waals surface area (Å²) in [6, 6.07) is 7.58. The van der Waals surface area contributed by atoms with E-state index >= 15 is 0 Å². The molecule has 1 amide bonds. The van der Waals surface area contributed by atoms with Gasteiger partial charge in [0.25, 0.3) is 5.91 Å². The largest absolute Gasteiger partial charge is 0.380 e. The van der Waals surface area contributed by atoms with Crippen molar-refractivity contribution in [1.82, 2.24) is 16.0 Å². The fraction of sp³-hybridized carbons (Fsp3) is 0.579. The zero-order valence-corrected chi connectivity index (χ0v) is 15.9. The molecule has 0 heterocycles. The van der Waals surface area contributed by atoms with Gasteiger partial charge in [-0.1, -0.05) is 26.0 Å². The number of nitrogens with zero attached hydrogens (tertiary/aromatic N) is 1. The Kier molecular flexibility index (Phi) is 10.3. The van der Waals surface area contributed by atoms with Gasteiger partial charge in [-0.05, 0) is 37.0 Å². The highest BCUT2D eigenvalue weighted by Crippen LogP contribution is 2.05. The number of aliphatic imine (C=N–C) groups is 1. The van der Waals surface area contributed by atoms with E-state index in [0.29, 0.717) is 37.7 Å². The number of benzene rings is 1. The minimum Gasteiger partial charge on any atom is -0.380 e. The predicted octanol–water partition coefficient (Wildman–Crippen LogP) is 2.16. The van der Waals surface area contributed by atoms with Crippen molar-refractivity contribution >= 4 is 11.9 Å². The Hall–Kier alpha value is -2.08. The van der Waals surface area contributed by atoms with E-state index in [0.717, 1.165) is 24.6 Å². The van der Waals surface area contributed by atoms with E-state index in [-0.39, 0.29) is 5.91 Å². The molecule has 6 nitrogen and oxygen atoms in total. The molecule has 140 valence electrons. The number of guanidine groups is 1. The van der Waals surface area contributed by atoms with Crippen LogP contribution in [-0.4, -0.2) is 45.2 Å². The quantitative estimate of drug-likeness (QED) is 0.344. The molecule has 0 aromatic heterocycles. The molecule has 0 fully saturated rings. The second-order valence-corrected chi connectivity index (χ2v) is 6.21. The van der Waals surface area contributed by atoms with E-state index in [1.54, 1.807) is 7.05 Å². The van der Waals surface area contributed by atoms with Gasteiger partial charge in [-0.25, -0.2) is 0 Å². The van der Waals surface area contributed by atoms with E-state index in [4.69, 9.17) is 4.74 Å². The van der Waals surface area contributed by atoms with Crippen LogP contribution in [0.5, 0.6) is 0 Å². The van der Waals surface area contributed by atoms with E-state index in [1.807, 2.05) is 31.2 Å². The van der Waals surface area contributed by atoms with Crippen molar-refractivity contribution in [3.63, 3.8) is 0 Å². The van der Waals surface area contributed by atoms with Gasteiger partial charge >= 0.3 is 0 Å². The Morgan fingerprint density at radius 2 is 2.00 bits per heavy atom. The highest BCUT2D eigenvalue weighted by atomic mass is 16.5. The lowest BCUT2D eigenvalue weighted by molar-refractivity contribution is 0.0955. The average molecular weight is 348 g/mol. The molecule has 0 bridgehead atoms. The van der Waals surface area contributed by atoms with Crippen LogP contribution < -0.4 is 16.0 Å². The fourth-order valence-corrected chi connectivity index (χ4v) is 2.15. The number of rotatable bonds is 10. The predicted molar refractivity (Wildman–Crippen MR) is 103 cm³/mol. The Balaban J connectivity index is 2.35. The average Bonchev–Trinajstić information content (AvgIpc) is 2.60. The first-order valence-corrected chi connectivity index (χ1v) is 8.96. The maximum atomic E-state index is 11.9. The summed E-state index contributed by atoms with van der Waals surface area (Å²) in [6.45, 7) is 9.65. The molecule has 0 radical (unpaired) electrons. The monoisotopic (exact) mass is 348 g/mol. The second kappa shape index (κ2) is 12.3. The maximum absolute atomic E-state index is 11.9. The standard InChI is InChI=1S/C19H32N4O2/c1-5-21-18(24)17-8-6-7-16(13-17)14-23-19(20-4)22-10-12-25-11-9-15(2)3/h6-8,13,15H,5,9-12,14H2,1-4H3,(H,21,24)(H2,20,22,23). The number of amides is 1. The third-order valence-electron chi connectivity index (χ3n) is 3.59. The summed E-state index contributed by atoms with van der Waals surface area (Å²) in [7, 11) is 1.74. The molecule has 0 saturated carbocycles. The Bertz CT molecular complexity index is 544. The first kappa shape index (κ1) is 21.0. The van der Waals surface area contributed by atoms with Gasteiger partial charge in [0.15, 0.2) is 5.96 Å². The van der Waals surface area contributed by atoms with E-state index in [9.17, 15) is 4.79 Å². The third kappa shape index (κ3) is 9.10. The normalized spacial score (nSPS) is 11.5. The lowest BCUT2D eigenvalue weighted by Crippen LogP contribution is -2.38. The molecule has 0 unspecified atom stereocenters. The number of carbonyl (C=O) groups excluding carboxylic acids is 1. The minimum atomic E-state index is -0.0506. The highest BCUT2D eigenvalue weighted by Gasteiger charge is 2.05. The van der Waals surface area contributed by atoms with Crippen molar-refractivity contribution in [3.8, 4) is 0 Å². The molecule has 0 spiro atoms. The molecule has 6 heteroatoms. The van der Waals surface area contributed by atoms with Crippen LogP contribution in [0.1, 0.15) is 43.1 Å². The topological polar surface area (TPSA) is 74.8 Å². The summed E-state index contributed by atoms with van der Waals surface area (Å²) >= 11 is 0. The molecular formula is C19H32N4O2. The molecule has 0 atom stereocenters. The van der Waals surface area contributed by atoms with Gasteiger partial charge in [0.2, 0.25) is 0 Å². The zero-order valence-electron chi connectivity index (χ0n) is 15.9. The van der Waals surface area contributed by atoms with Gasteiger partial charge in [0.05, 0.1) is 6.61 Å². The van der Waals surface area contributed by atoms with Gasteiger partial charge in [-0.2, -0.15) is 0 Å². The van der Waals surface area contributed by atoms with Gasteiger partial charge in [-0.15, -0.1) is 0 Å². The summed E-state index contributed by atoms with van der Waals surface area (Å²) in [6.07, 6.45) is 1.08. The van der Waals surface area contributed by atoms with Crippen molar-refractivity contribution in [2.75, 3.05) is 33.4 Å². The van der Waals surface area contributed by atoms with Crippen molar-refractivity contribution < 1.29 is 9.53 Å². The van der Waals surface area contributed by atoms with E-state index in [2.05, 4.69) is 34.8 Å². The van der Waals surface area contributed by atoms with E-state index in [1.165, 1.54) is 0 Å². The first-order chi connectivity index (χ1) is 12.1. The van der Waals surface area contributed by atoms with Gasteiger partial charge in [-0.3, -0.25) is 9.79 Å². The summed E-state index contributed by atoms with van der Waals surface area (Å²) in [5.41, 5.74) is 1.70. The van der Waals surface area contributed by atoms with Crippen LogP contribution in [0, 0.1) is 5.92 Å². The highest BCUT2D eigenvalue weighted by molar-refractivity contribution is 5.94. The van der Waals surface area contributed by atoms with Crippen LogP contribution in [0.2, 0.25) is 0 Å². The summed E-state index contributed by atoms with van der Waals surface area (Å²) in [5, 5.41) is 9.27. The van der Waals surface area contributed by atoms with Crippen molar-refractivity contribution in [2.24, 2.45) is 10.9 Å². The second-order valence-electron chi connectivity index (χ2n) is 6.21. The molecule has 1 rings (SSSR count). The molecular weight excluding hydrogens is 316 g/mol. The van der Waals surface area contributed by atoms with Crippen molar-refractivity contribution in [2.45, 2.75) is 33.7 Å². The smallest absolute Gasteiger partial charge is 0.251 e. The SMILES string of the molecule is CCNC(=O)c1cccc(CNC(=NC)NCCOCCC(C)C)c1. The van der Waals surface area contributed by atoms with Crippen LogP contribution in [0.15, 0.2) is 29.3 Å². The summed E-state index contributed by atoms with van der Waals surface area (Å²) in [4.78, 5) is 16.1. The van der Waals surface area contributed by atoms with Crippen LogP contribution in [0.4, 0.5) is 0 Å². The molecule has 0 saturated heterocycles. The van der Waals surface area contributed by atoms with Gasteiger partial charge in [0, 0.05) is 38.9 Å². The molecule has 1 aromatic carbocycles. The first-order valence-electron chi connectivity index (χ1n) is 8.96. The zero-order chi connectivity index (χ0) is 18.5. The Morgan fingerprint density at radius 1 is 1.20 bits per heavy atom. The lowest BCUT2D eigenvalue weighted by Gasteiger charge is -2.13. The van der Waals surface area contributed by atoms with Crippen LogP contribution in [-0.2, 0) is 11.3 Å². The molecule has 0 aliphatic heterocycles. The number of carbonyl (C=O) groups is 1. The molecule has 0 aliphatic rings. The van der Waals surface area contributed by atoms with Gasteiger partial charge in [0.1, 0.15) is 0 Å².